The fourth-order valence-electron chi connectivity index (χ4n) is 7.88. The molecule has 0 amide bonds. The third-order valence-electron chi connectivity index (χ3n) is 9.48. The SMILES string of the molecule is CCC1CC2CCCC(C2)c2cc3c(cc21)nc1n3C2c3cc(C)ccc3OC2c2ccccc2-1. The van der Waals surface area contributed by atoms with Gasteiger partial charge in [0.2, 0.25) is 0 Å². The van der Waals surface area contributed by atoms with E-state index in [0.717, 1.165) is 23.0 Å². The number of rotatable bonds is 1. The summed E-state index contributed by atoms with van der Waals surface area (Å²) in [6, 6.07) is 20.6. The Hall–Kier alpha value is -3.07. The number of hydrogen-bond acceptors (Lipinski definition) is 2. The number of imidazole rings is 1. The molecule has 3 nitrogen and oxygen atoms in total. The van der Waals surface area contributed by atoms with E-state index in [2.05, 4.69) is 73.0 Å². The fraction of sp³-hybridized carbons (Fsp3) is 0.406. The van der Waals surface area contributed by atoms with Crippen LogP contribution in [0.15, 0.2) is 54.6 Å². The molecule has 1 fully saturated rings. The van der Waals surface area contributed by atoms with Gasteiger partial charge in [0.05, 0.1) is 11.0 Å². The smallest absolute Gasteiger partial charge is 0.149 e. The molecule has 2 aliphatic heterocycles. The van der Waals surface area contributed by atoms with Crippen LogP contribution in [0.25, 0.3) is 22.4 Å². The van der Waals surface area contributed by atoms with Crippen LogP contribution in [0.4, 0.5) is 0 Å². The van der Waals surface area contributed by atoms with Gasteiger partial charge >= 0.3 is 0 Å². The molecule has 3 heteroatoms. The zero-order valence-electron chi connectivity index (χ0n) is 20.6. The molecule has 4 aliphatic rings. The van der Waals surface area contributed by atoms with Crippen LogP contribution in [-0.2, 0) is 0 Å². The maximum Gasteiger partial charge on any atom is 0.149 e. The van der Waals surface area contributed by atoms with Crippen LogP contribution in [0.3, 0.4) is 0 Å². The minimum atomic E-state index is -0.00541. The first-order valence-corrected chi connectivity index (χ1v) is 13.6. The summed E-state index contributed by atoms with van der Waals surface area (Å²) in [7, 11) is 0. The first-order chi connectivity index (χ1) is 17.2. The molecule has 5 atom stereocenters. The molecule has 2 bridgehead atoms. The lowest BCUT2D eigenvalue weighted by Gasteiger charge is -2.30. The standard InChI is InChI=1S/C32H32N2O/c1-3-20-14-19-7-6-8-21(15-19)25-17-28-27(16-24(20)25)33-32-23-10-5-4-9-22(23)31-30(34(28)32)26-13-18(2)11-12-29(26)35-31/h4-5,9-13,16-17,19-21,30-31H,3,6-8,14-15H2,1-2H3. The first-order valence-electron chi connectivity index (χ1n) is 13.6. The van der Waals surface area contributed by atoms with Gasteiger partial charge in [-0.3, -0.25) is 0 Å². The summed E-state index contributed by atoms with van der Waals surface area (Å²) in [6.45, 7) is 4.56. The highest BCUT2D eigenvalue weighted by Crippen LogP contribution is 2.55. The van der Waals surface area contributed by atoms with Crippen molar-refractivity contribution in [3.05, 3.63) is 82.4 Å². The van der Waals surface area contributed by atoms with Crippen LogP contribution in [0.2, 0.25) is 0 Å². The molecule has 3 aromatic carbocycles. The first kappa shape index (κ1) is 20.2. The molecule has 2 aliphatic carbocycles. The molecule has 0 radical (unpaired) electrons. The van der Waals surface area contributed by atoms with Gasteiger partial charge in [-0.15, -0.1) is 0 Å². The lowest BCUT2D eigenvalue weighted by atomic mass is 9.78. The molecule has 4 aromatic rings. The summed E-state index contributed by atoms with van der Waals surface area (Å²) in [5, 5.41) is 0. The minimum Gasteiger partial charge on any atom is -0.483 e. The quantitative estimate of drug-likeness (QED) is 0.286. The van der Waals surface area contributed by atoms with Crippen molar-refractivity contribution >= 4 is 11.0 Å². The molecule has 3 heterocycles. The number of nitrogens with zero attached hydrogens (tertiary/aromatic N) is 2. The Morgan fingerprint density at radius 3 is 2.77 bits per heavy atom. The van der Waals surface area contributed by atoms with Crippen molar-refractivity contribution in [2.45, 2.75) is 76.4 Å². The van der Waals surface area contributed by atoms with Crippen LogP contribution in [0.1, 0.15) is 97.2 Å². The van der Waals surface area contributed by atoms with Gasteiger partial charge in [0.25, 0.3) is 0 Å². The van der Waals surface area contributed by atoms with Crippen LogP contribution in [0.5, 0.6) is 5.75 Å². The predicted molar refractivity (Wildman–Crippen MR) is 140 cm³/mol. The highest BCUT2D eigenvalue weighted by molar-refractivity contribution is 5.85. The summed E-state index contributed by atoms with van der Waals surface area (Å²) in [5.74, 6) is 4.39. The third-order valence-corrected chi connectivity index (χ3v) is 9.48. The van der Waals surface area contributed by atoms with Gasteiger partial charge in [-0.2, -0.15) is 0 Å². The van der Waals surface area contributed by atoms with Crippen LogP contribution in [-0.4, -0.2) is 9.55 Å². The molecule has 1 saturated carbocycles. The number of ether oxygens (including phenoxy) is 1. The molecule has 5 unspecified atom stereocenters. The normalized spacial score (nSPS) is 27.8. The maximum absolute atomic E-state index is 6.65. The average molecular weight is 461 g/mol. The van der Waals surface area contributed by atoms with Gasteiger partial charge < -0.3 is 9.30 Å². The summed E-state index contributed by atoms with van der Waals surface area (Å²) in [6.07, 6.45) is 8.09. The Labute approximate surface area is 207 Å². The van der Waals surface area contributed by atoms with Crippen LogP contribution >= 0.6 is 0 Å². The van der Waals surface area contributed by atoms with E-state index >= 15 is 0 Å². The topological polar surface area (TPSA) is 27.1 Å². The van der Waals surface area contributed by atoms with Gasteiger partial charge in [-0.25, -0.2) is 4.98 Å². The Morgan fingerprint density at radius 2 is 1.86 bits per heavy atom. The molecule has 8 rings (SSSR count). The van der Waals surface area contributed by atoms with E-state index in [0.29, 0.717) is 11.8 Å². The Balaban J connectivity index is 1.42. The van der Waals surface area contributed by atoms with Crippen molar-refractivity contribution in [2.24, 2.45) is 5.92 Å². The van der Waals surface area contributed by atoms with Crippen LogP contribution in [0, 0.1) is 12.8 Å². The van der Waals surface area contributed by atoms with Crippen molar-refractivity contribution in [3.8, 4) is 17.1 Å². The Kier molecular flexibility index (Phi) is 4.16. The zero-order chi connectivity index (χ0) is 23.3. The molecule has 0 spiro atoms. The molecular weight excluding hydrogens is 428 g/mol. The summed E-state index contributed by atoms with van der Waals surface area (Å²) in [4.78, 5) is 5.35. The minimum absolute atomic E-state index is 0.00541. The van der Waals surface area contributed by atoms with Crippen molar-refractivity contribution in [2.75, 3.05) is 0 Å². The molecule has 176 valence electrons. The van der Waals surface area contributed by atoms with E-state index in [1.165, 1.54) is 66.3 Å². The fourth-order valence-corrected chi connectivity index (χ4v) is 7.88. The van der Waals surface area contributed by atoms with Gasteiger partial charge in [-0.1, -0.05) is 61.7 Å². The maximum atomic E-state index is 6.65. The number of aromatic nitrogens is 2. The van der Waals surface area contributed by atoms with Crippen molar-refractivity contribution in [1.29, 1.82) is 0 Å². The van der Waals surface area contributed by atoms with Gasteiger partial charge in [-0.05, 0) is 79.7 Å². The lowest BCUT2D eigenvalue weighted by Crippen LogP contribution is -2.23. The predicted octanol–water partition coefficient (Wildman–Crippen LogP) is 8.22. The molecule has 35 heavy (non-hydrogen) atoms. The van der Waals surface area contributed by atoms with E-state index in [4.69, 9.17) is 9.72 Å². The average Bonchev–Trinajstić information content (AvgIpc) is 3.42. The molecular formula is C32H32N2O. The number of fused-ring (bicyclic) bond motifs is 14. The van der Waals surface area contributed by atoms with Gasteiger partial charge in [0.15, 0.2) is 0 Å². The Bertz CT molecular complexity index is 1500. The number of benzene rings is 3. The van der Waals surface area contributed by atoms with Crippen molar-refractivity contribution in [1.82, 2.24) is 9.55 Å². The summed E-state index contributed by atoms with van der Waals surface area (Å²) in [5.41, 5.74) is 10.7. The summed E-state index contributed by atoms with van der Waals surface area (Å²) >= 11 is 0. The van der Waals surface area contributed by atoms with E-state index in [9.17, 15) is 0 Å². The van der Waals surface area contributed by atoms with Crippen molar-refractivity contribution < 1.29 is 4.74 Å². The summed E-state index contributed by atoms with van der Waals surface area (Å²) < 4.78 is 9.18. The van der Waals surface area contributed by atoms with Gasteiger partial charge in [0, 0.05) is 16.7 Å². The van der Waals surface area contributed by atoms with E-state index in [1.54, 1.807) is 11.1 Å². The monoisotopic (exact) mass is 460 g/mol. The highest BCUT2D eigenvalue weighted by Gasteiger charge is 2.44. The second kappa shape index (κ2) is 7.22. The van der Waals surface area contributed by atoms with Crippen LogP contribution < -0.4 is 4.74 Å². The van der Waals surface area contributed by atoms with Crippen molar-refractivity contribution in [3.63, 3.8) is 0 Å². The lowest BCUT2D eigenvalue weighted by molar-refractivity contribution is 0.195. The third kappa shape index (κ3) is 2.76. The molecule has 0 N–H and O–H groups in total. The second-order valence-corrected chi connectivity index (χ2v) is 11.5. The Morgan fingerprint density at radius 1 is 0.943 bits per heavy atom. The zero-order valence-corrected chi connectivity index (χ0v) is 20.6. The highest BCUT2D eigenvalue weighted by atomic mass is 16.5. The molecule has 1 aromatic heterocycles. The largest absolute Gasteiger partial charge is 0.483 e. The molecule has 0 saturated heterocycles. The number of aryl methyl sites for hydroxylation is 1. The second-order valence-electron chi connectivity index (χ2n) is 11.5. The number of hydrogen-bond donors (Lipinski definition) is 0. The van der Waals surface area contributed by atoms with E-state index in [-0.39, 0.29) is 12.1 Å². The van der Waals surface area contributed by atoms with Gasteiger partial charge in [0.1, 0.15) is 23.7 Å². The van der Waals surface area contributed by atoms with E-state index in [1.807, 2.05) is 0 Å². The van der Waals surface area contributed by atoms with E-state index < -0.39 is 0 Å².